The maximum absolute atomic E-state index is 14.2. The van der Waals surface area contributed by atoms with Gasteiger partial charge in [0.05, 0.1) is 19.9 Å². The number of likely N-dealkylation sites (N-methyl/N-ethyl adjacent to an activating group) is 1. The molecule has 0 saturated carbocycles. The zero-order valence-electron chi connectivity index (χ0n) is 26.1. The van der Waals surface area contributed by atoms with Crippen LogP contribution in [0.15, 0.2) is 73.1 Å². The van der Waals surface area contributed by atoms with Crippen LogP contribution in [0.5, 0.6) is 11.5 Å². The molecule has 10 nitrogen and oxygen atoms in total. The van der Waals surface area contributed by atoms with E-state index in [4.69, 9.17) is 9.47 Å². The first kappa shape index (κ1) is 30.6. The molecule has 1 aromatic heterocycles. The quantitative estimate of drug-likeness (QED) is 0.215. The molecule has 4 aromatic rings. The molecule has 5 rings (SSSR count). The van der Waals surface area contributed by atoms with Crippen molar-refractivity contribution in [1.29, 1.82) is 0 Å². The Bertz CT molecular complexity index is 1550. The minimum Gasteiger partial charge on any atom is -0.497 e. The molecule has 2 amide bonds. The number of aromatic nitrogens is 2. The van der Waals surface area contributed by atoms with Crippen LogP contribution in [0.2, 0.25) is 0 Å². The number of ether oxygens (including phenoxy) is 2. The van der Waals surface area contributed by atoms with Gasteiger partial charge < -0.3 is 29.9 Å². The van der Waals surface area contributed by atoms with Crippen molar-refractivity contribution in [3.63, 3.8) is 0 Å². The van der Waals surface area contributed by atoms with E-state index < -0.39 is 0 Å². The lowest BCUT2D eigenvalue weighted by atomic mass is 10.0. The second-order valence-corrected chi connectivity index (χ2v) is 10.7. The van der Waals surface area contributed by atoms with Crippen LogP contribution >= 0.6 is 0 Å². The van der Waals surface area contributed by atoms with Crippen molar-refractivity contribution in [3.8, 4) is 11.5 Å². The van der Waals surface area contributed by atoms with Crippen LogP contribution in [0.4, 0.5) is 39.2 Å². The Balaban J connectivity index is 1.46. The van der Waals surface area contributed by atoms with Crippen LogP contribution < -0.4 is 29.9 Å². The number of nitrogens with one attached hydrogen (secondary N) is 2. The third kappa shape index (κ3) is 6.86. The standard InChI is InChI=1S/C34H41N7O3/c1-6-24-9-8-10-25(7-2)33(24)38-34(42)41(29-16-15-28(43-4)21-30(29)44-5)32-22-31(35-23-36-32)37-26-11-13-27(14-12-26)40-19-17-39(3)18-20-40/h8-16,21-23H,6-7,17-20H2,1-5H3,(H,38,42)(H,35,36,37). The van der Waals surface area contributed by atoms with Crippen LogP contribution in [-0.4, -0.2) is 68.3 Å². The first-order valence-electron chi connectivity index (χ1n) is 15.0. The van der Waals surface area contributed by atoms with Crippen molar-refractivity contribution < 1.29 is 14.3 Å². The Morgan fingerprint density at radius 3 is 2.23 bits per heavy atom. The fraction of sp³-hybridized carbons (Fsp3) is 0.324. The van der Waals surface area contributed by atoms with E-state index in [-0.39, 0.29) is 6.03 Å². The summed E-state index contributed by atoms with van der Waals surface area (Å²) in [6.45, 7) is 8.28. The van der Waals surface area contributed by atoms with Gasteiger partial charge in [0.25, 0.3) is 0 Å². The summed E-state index contributed by atoms with van der Waals surface area (Å²) in [6, 6.07) is 21.1. The van der Waals surface area contributed by atoms with E-state index in [9.17, 15) is 4.79 Å². The van der Waals surface area contributed by atoms with E-state index in [2.05, 4.69) is 63.4 Å². The van der Waals surface area contributed by atoms with Crippen LogP contribution in [-0.2, 0) is 12.8 Å². The molecule has 0 atom stereocenters. The number of urea groups is 1. The maximum Gasteiger partial charge on any atom is 0.332 e. The van der Waals surface area contributed by atoms with Gasteiger partial charge in [-0.3, -0.25) is 0 Å². The number of methoxy groups -OCH3 is 2. The molecule has 230 valence electrons. The second-order valence-electron chi connectivity index (χ2n) is 10.7. The van der Waals surface area contributed by atoms with Gasteiger partial charge in [-0.1, -0.05) is 32.0 Å². The lowest BCUT2D eigenvalue weighted by Crippen LogP contribution is -2.44. The monoisotopic (exact) mass is 595 g/mol. The van der Waals surface area contributed by atoms with E-state index in [1.807, 2.05) is 30.3 Å². The molecule has 1 saturated heterocycles. The summed E-state index contributed by atoms with van der Waals surface area (Å²) in [7, 11) is 5.31. The summed E-state index contributed by atoms with van der Waals surface area (Å²) in [5.74, 6) is 2.01. The highest BCUT2D eigenvalue weighted by molar-refractivity contribution is 6.08. The Hall–Kier alpha value is -4.83. The lowest BCUT2D eigenvalue weighted by Gasteiger charge is -2.34. The molecule has 1 aliphatic rings. The van der Waals surface area contributed by atoms with Gasteiger partial charge in [0.1, 0.15) is 29.5 Å². The highest BCUT2D eigenvalue weighted by Crippen LogP contribution is 2.37. The van der Waals surface area contributed by atoms with E-state index in [0.717, 1.165) is 61.5 Å². The summed E-state index contributed by atoms with van der Waals surface area (Å²) >= 11 is 0. The largest absolute Gasteiger partial charge is 0.497 e. The van der Waals surface area contributed by atoms with Gasteiger partial charge in [0.2, 0.25) is 0 Å². The predicted molar refractivity (Wildman–Crippen MR) is 177 cm³/mol. The van der Waals surface area contributed by atoms with Gasteiger partial charge in [0, 0.05) is 55.4 Å². The number of benzene rings is 3. The molecule has 44 heavy (non-hydrogen) atoms. The van der Waals surface area contributed by atoms with E-state index in [1.54, 1.807) is 38.5 Å². The number of rotatable bonds is 10. The van der Waals surface area contributed by atoms with Crippen LogP contribution in [0, 0.1) is 0 Å². The Kier molecular flexibility index (Phi) is 9.81. The minimum absolute atomic E-state index is 0.370. The third-order valence-corrected chi connectivity index (χ3v) is 7.95. The molecule has 10 heteroatoms. The molecule has 2 heterocycles. The van der Waals surface area contributed by atoms with E-state index in [0.29, 0.717) is 28.8 Å². The summed E-state index contributed by atoms with van der Waals surface area (Å²) in [5, 5.41) is 6.55. The van der Waals surface area contributed by atoms with Crippen LogP contribution in [0.1, 0.15) is 25.0 Å². The molecule has 2 N–H and O–H groups in total. The highest BCUT2D eigenvalue weighted by atomic mass is 16.5. The average molecular weight is 596 g/mol. The SMILES string of the molecule is CCc1cccc(CC)c1NC(=O)N(c1cc(Nc2ccc(N3CCN(C)CC3)cc2)ncn1)c1ccc(OC)cc1OC. The van der Waals surface area contributed by atoms with Gasteiger partial charge >= 0.3 is 6.03 Å². The number of hydrogen-bond donors (Lipinski definition) is 2. The molecular weight excluding hydrogens is 554 g/mol. The number of aryl methyl sites for hydroxylation is 2. The van der Waals surface area contributed by atoms with Crippen molar-refractivity contribution in [2.45, 2.75) is 26.7 Å². The molecule has 0 aliphatic carbocycles. The van der Waals surface area contributed by atoms with Gasteiger partial charge in [-0.05, 0) is 67.4 Å². The Labute approximate surface area is 259 Å². The maximum atomic E-state index is 14.2. The van der Waals surface area contributed by atoms with Crippen LogP contribution in [0.3, 0.4) is 0 Å². The summed E-state index contributed by atoms with van der Waals surface area (Å²) < 4.78 is 11.1. The van der Waals surface area contributed by atoms with Crippen molar-refractivity contribution in [3.05, 3.63) is 84.2 Å². The molecule has 0 bridgehead atoms. The topological polar surface area (TPSA) is 95.1 Å². The Morgan fingerprint density at radius 2 is 1.59 bits per heavy atom. The number of hydrogen-bond acceptors (Lipinski definition) is 8. The molecule has 1 fully saturated rings. The fourth-order valence-electron chi connectivity index (χ4n) is 5.38. The van der Waals surface area contributed by atoms with Crippen molar-refractivity contribution in [2.75, 3.05) is 67.9 Å². The number of amides is 2. The smallest absolute Gasteiger partial charge is 0.332 e. The number of anilines is 6. The molecule has 1 aliphatic heterocycles. The normalized spacial score (nSPS) is 13.3. The minimum atomic E-state index is -0.370. The van der Waals surface area contributed by atoms with Crippen LogP contribution in [0.25, 0.3) is 0 Å². The van der Waals surface area contributed by atoms with Crippen molar-refractivity contribution >= 4 is 40.4 Å². The average Bonchev–Trinajstić information content (AvgIpc) is 3.06. The zero-order valence-corrected chi connectivity index (χ0v) is 26.1. The molecular formula is C34H41N7O3. The highest BCUT2D eigenvalue weighted by Gasteiger charge is 2.25. The summed E-state index contributed by atoms with van der Waals surface area (Å²) in [4.78, 5) is 29.4. The lowest BCUT2D eigenvalue weighted by molar-refractivity contribution is 0.258. The molecule has 0 spiro atoms. The second kappa shape index (κ2) is 14.1. The van der Waals surface area contributed by atoms with E-state index in [1.165, 1.54) is 16.9 Å². The van der Waals surface area contributed by atoms with Gasteiger partial charge in [-0.25, -0.2) is 19.7 Å². The summed E-state index contributed by atoms with van der Waals surface area (Å²) in [6.07, 6.45) is 3.01. The fourth-order valence-corrected chi connectivity index (χ4v) is 5.38. The number of para-hydroxylation sites is 1. The number of piperazine rings is 1. The first-order valence-corrected chi connectivity index (χ1v) is 15.0. The first-order chi connectivity index (χ1) is 21.4. The number of carbonyl (C=O) groups excluding carboxylic acids is 1. The number of carbonyl (C=O) groups is 1. The predicted octanol–water partition coefficient (Wildman–Crippen LogP) is 6.48. The molecule has 0 unspecified atom stereocenters. The molecule has 0 radical (unpaired) electrons. The Morgan fingerprint density at radius 1 is 0.886 bits per heavy atom. The molecule has 3 aromatic carbocycles. The van der Waals surface area contributed by atoms with Gasteiger partial charge in [0.15, 0.2) is 0 Å². The zero-order chi connectivity index (χ0) is 31.1. The third-order valence-electron chi connectivity index (χ3n) is 7.95. The van der Waals surface area contributed by atoms with Crippen molar-refractivity contribution in [1.82, 2.24) is 14.9 Å². The number of nitrogens with zero attached hydrogens (tertiary/aromatic N) is 5. The van der Waals surface area contributed by atoms with Crippen molar-refractivity contribution in [2.24, 2.45) is 0 Å². The van der Waals surface area contributed by atoms with Gasteiger partial charge in [-0.2, -0.15) is 0 Å². The summed E-state index contributed by atoms with van der Waals surface area (Å²) in [5.41, 5.74) is 5.52. The van der Waals surface area contributed by atoms with Gasteiger partial charge in [-0.15, -0.1) is 0 Å². The van der Waals surface area contributed by atoms with E-state index >= 15 is 0 Å².